The van der Waals surface area contributed by atoms with Gasteiger partial charge in [-0.1, -0.05) is 20.3 Å². The van der Waals surface area contributed by atoms with E-state index in [1.54, 1.807) is 17.2 Å². The van der Waals surface area contributed by atoms with Gasteiger partial charge in [-0.2, -0.15) is 5.10 Å². The molecule has 5 rings (SSSR count). The van der Waals surface area contributed by atoms with E-state index in [1.807, 2.05) is 31.0 Å². The number of aromatic hydroxyl groups is 2. The van der Waals surface area contributed by atoms with E-state index < -0.39 is 12.1 Å². The predicted octanol–water partition coefficient (Wildman–Crippen LogP) is 2.56. The highest BCUT2D eigenvalue weighted by Gasteiger charge is 2.41. The molecule has 0 bridgehead atoms. The van der Waals surface area contributed by atoms with Crippen LogP contribution < -0.4 is 15.5 Å². The smallest absolute Gasteiger partial charge is 0.286 e. The molecule has 1 amide bonds. The Hall–Kier alpha value is -3.57. The summed E-state index contributed by atoms with van der Waals surface area (Å²) in [6.45, 7) is 10.2. The summed E-state index contributed by atoms with van der Waals surface area (Å²) >= 11 is 0. The molecule has 1 aromatic carbocycles. The number of likely N-dealkylation sites (tertiary alicyclic amines) is 1. The minimum absolute atomic E-state index is 0.0204. The van der Waals surface area contributed by atoms with Gasteiger partial charge in [0.1, 0.15) is 17.3 Å². The van der Waals surface area contributed by atoms with E-state index in [4.69, 9.17) is 10.5 Å². The van der Waals surface area contributed by atoms with Crippen molar-refractivity contribution < 1.29 is 19.7 Å². The molecule has 1 atom stereocenters. The second kappa shape index (κ2) is 11.7. The highest BCUT2D eigenvalue weighted by molar-refractivity contribution is 6.43. The van der Waals surface area contributed by atoms with Crippen molar-refractivity contribution in [3.8, 4) is 11.5 Å². The first kappa shape index (κ1) is 27.0. The van der Waals surface area contributed by atoms with Gasteiger partial charge in [0.2, 0.25) is 5.84 Å². The van der Waals surface area contributed by atoms with Crippen molar-refractivity contribution in [3.05, 3.63) is 41.6 Å². The Morgan fingerprint density at radius 3 is 2.44 bits per heavy atom. The predicted molar refractivity (Wildman–Crippen MR) is 150 cm³/mol. The van der Waals surface area contributed by atoms with Gasteiger partial charge in [0.25, 0.3) is 5.91 Å². The van der Waals surface area contributed by atoms with Gasteiger partial charge < -0.3 is 30.5 Å². The maximum absolute atomic E-state index is 12.7. The Morgan fingerprint density at radius 1 is 1.05 bits per heavy atom. The molecule has 1 unspecified atom stereocenters. The Morgan fingerprint density at radius 2 is 1.79 bits per heavy atom. The third-order valence-corrected chi connectivity index (χ3v) is 7.71. The minimum atomic E-state index is -0.667. The fourth-order valence-corrected chi connectivity index (χ4v) is 5.59. The van der Waals surface area contributed by atoms with Crippen molar-refractivity contribution in [1.82, 2.24) is 14.9 Å². The summed E-state index contributed by atoms with van der Waals surface area (Å²) in [7, 11) is 0. The van der Waals surface area contributed by atoms with E-state index in [2.05, 4.69) is 19.9 Å². The van der Waals surface area contributed by atoms with Gasteiger partial charge in [-0.3, -0.25) is 14.7 Å². The molecule has 11 heteroatoms. The number of anilines is 2. The van der Waals surface area contributed by atoms with Crippen molar-refractivity contribution in [2.24, 2.45) is 10.8 Å². The summed E-state index contributed by atoms with van der Waals surface area (Å²) in [6, 6.07) is 6.99. The Labute approximate surface area is 229 Å². The minimum Gasteiger partial charge on any atom is -0.508 e. The molecule has 0 radical (unpaired) electrons. The zero-order chi connectivity index (χ0) is 27.5. The number of rotatable bonds is 8. The number of carbonyl (C=O) groups is 1. The average molecular weight is 538 g/mol. The Kier molecular flexibility index (Phi) is 8.08. The van der Waals surface area contributed by atoms with Crippen LogP contribution in [0.4, 0.5) is 11.5 Å². The third kappa shape index (κ3) is 5.74. The van der Waals surface area contributed by atoms with Crippen molar-refractivity contribution >= 4 is 23.2 Å². The van der Waals surface area contributed by atoms with Crippen LogP contribution >= 0.6 is 0 Å². The standard InChI is InChI=1S/C28H39N7O4/c1-19(2)21-16-22(24(37)17-23(21)36)28-34(11-10-32-8-4-3-5-9-32)31-27(26(29)38)35(28)20-6-7-25(30-18-20)33-12-14-39-15-13-33/h6-7,16-19,28,36-37H,3-5,8-15H2,1-2H3,(H2,29,38). The summed E-state index contributed by atoms with van der Waals surface area (Å²) in [5.74, 6) is 0.217. The van der Waals surface area contributed by atoms with Gasteiger partial charge >= 0.3 is 0 Å². The van der Waals surface area contributed by atoms with E-state index in [-0.39, 0.29) is 23.3 Å². The number of hydrazone groups is 1. The summed E-state index contributed by atoms with van der Waals surface area (Å²) in [4.78, 5) is 23.7. The third-order valence-electron chi connectivity index (χ3n) is 7.71. The molecule has 0 saturated carbocycles. The lowest BCUT2D eigenvalue weighted by Crippen LogP contribution is -2.42. The molecule has 3 aliphatic heterocycles. The molecular weight excluding hydrogens is 498 g/mol. The molecule has 1 aromatic heterocycles. The van der Waals surface area contributed by atoms with Crippen LogP contribution in [-0.2, 0) is 9.53 Å². The SMILES string of the molecule is CC(C)c1cc(C2N(CCN3CCCCC3)N=C(C(N)=O)N2c2ccc(N3CCOCC3)nc2)c(O)cc1O. The van der Waals surface area contributed by atoms with E-state index in [0.717, 1.165) is 38.5 Å². The first-order valence-corrected chi connectivity index (χ1v) is 13.8. The first-order valence-electron chi connectivity index (χ1n) is 13.8. The zero-order valence-electron chi connectivity index (χ0n) is 22.8. The molecule has 3 aliphatic rings. The van der Waals surface area contributed by atoms with Crippen LogP contribution in [0, 0.1) is 0 Å². The van der Waals surface area contributed by atoms with Gasteiger partial charge in [0.05, 0.1) is 31.6 Å². The van der Waals surface area contributed by atoms with Crippen LogP contribution in [0.1, 0.15) is 56.3 Å². The summed E-state index contributed by atoms with van der Waals surface area (Å²) < 4.78 is 5.46. The largest absolute Gasteiger partial charge is 0.508 e. The Bertz CT molecular complexity index is 1190. The molecule has 2 aromatic rings. The van der Waals surface area contributed by atoms with Crippen molar-refractivity contribution in [3.63, 3.8) is 0 Å². The molecule has 210 valence electrons. The second-order valence-corrected chi connectivity index (χ2v) is 10.7. The van der Waals surface area contributed by atoms with Crippen LogP contribution in [0.15, 0.2) is 35.6 Å². The fourth-order valence-electron chi connectivity index (χ4n) is 5.59. The molecule has 2 saturated heterocycles. The number of pyridine rings is 1. The van der Waals surface area contributed by atoms with Crippen molar-refractivity contribution in [2.45, 2.75) is 45.2 Å². The van der Waals surface area contributed by atoms with E-state index in [1.165, 1.54) is 25.3 Å². The van der Waals surface area contributed by atoms with Gasteiger partial charge in [-0.05, 0) is 55.6 Å². The number of nitrogens with zero attached hydrogens (tertiary/aromatic N) is 6. The topological polar surface area (TPSA) is 131 Å². The summed E-state index contributed by atoms with van der Waals surface area (Å²) in [6.07, 6.45) is 4.65. The lowest BCUT2D eigenvalue weighted by molar-refractivity contribution is -0.112. The monoisotopic (exact) mass is 537 g/mol. The van der Waals surface area contributed by atoms with Crippen LogP contribution in [0.2, 0.25) is 0 Å². The summed E-state index contributed by atoms with van der Waals surface area (Å²) in [5, 5.41) is 28.1. The van der Waals surface area contributed by atoms with Gasteiger partial charge in [0, 0.05) is 31.3 Å². The molecule has 4 heterocycles. The lowest BCUT2D eigenvalue weighted by Gasteiger charge is -2.34. The number of primary amides is 1. The van der Waals surface area contributed by atoms with Crippen LogP contribution in [0.5, 0.6) is 11.5 Å². The number of morpholine rings is 1. The van der Waals surface area contributed by atoms with Crippen molar-refractivity contribution in [2.75, 3.05) is 62.3 Å². The second-order valence-electron chi connectivity index (χ2n) is 10.7. The highest BCUT2D eigenvalue weighted by Crippen LogP contribution is 2.42. The van der Waals surface area contributed by atoms with E-state index >= 15 is 0 Å². The quantitative estimate of drug-likeness (QED) is 0.465. The van der Waals surface area contributed by atoms with Crippen molar-refractivity contribution in [1.29, 1.82) is 0 Å². The van der Waals surface area contributed by atoms with Gasteiger partial charge in [-0.15, -0.1) is 0 Å². The number of nitrogens with two attached hydrogens (primary N) is 1. The van der Waals surface area contributed by atoms with E-state index in [0.29, 0.717) is 36.6 Å². The number of amides is 1. The molecule has 2 fully saturated rings. The molecule has 4 N–H and O–H groups in total. The summed E-state index contributed by atoms with van der Waals surface area (Å²) in [5.41, 5.74) is 7.73. The number of amidine groups is 1. The molecule has 0 aliphatic carbocycles. The number of phenolic OH excluding ortho intramolecular Hbond substituents is 2. The van der Waals surface area contributed by atoms with Crippen LogP contribution in [0.25, 0.3) is 0 Å². The van der Waals surface area contributed by atoms with Crippen LogP contribution in [0.3, 0.4) is 0 Å². The number of aromatic nitrogens is 1. The number of hydrogen-bond acceptors (Lipinski definition) is 10. The zero-order valence-corrected chi connectivity index (χ0v) is 22.8. The highest BCUT2D eigenvalue weighted by atomic mass is 16.5. The van der Waals surface area contributed by atoms with E-state index in [9.17, 15) is 15.0 Å². The normalized spacial score (nSPS) is 20.5. The van der Waals surface area contributed by atoms with Crippen LogP contribution in [-0.4, -0.2) is 89.3 Å². The molecular formula is C28H39N7O4. The first-order chi connectivity index (χ1) is 18.8. The fraction of sp³-hybridized carbons (Fsp3) is 0.536. The number of carbonyl (C=O) groups excluding carboxylic acids is 1. The molecule has 0 spiro atoms. The number of piperidine rings is 1. The number of benzene rings is 1. The van der Waals surface area contributed by atoms with Gasteiger partial charge in [-0.25, -0.2) is 4.98 Å². The Balaban J connectivity index is 1.53. The molecule has 11 nitrogen and oxygen atoms in total. The van der Waals surface area contributed by atoms with Gasteiger partial charge in [0.15, 0.2) is 6.17 Å². The maximum atomic E-state index is 12.7. The number of phenols is 2. The maximum Gasteiger partial charge on any atom is 0.286 e. The molecule has 39 heavy (non-hydrogen) atoms. The number of ether oxygens (including phenoxy) is 1. The number of hydrogen-bond donors (Lipinski definition) is 3. The lowest BCUT2D eigenvalue weighted by atomic mass is 9.97. The average Bonchev–Trinajstić information content (AvgIpc) is 3.32.